The highest BCUT2D eigenvalue weighted by molar-refractivity contribution is 7.25. The van der Waals surface area contributed by atoms with Crippen LogP contribution in [0.1, 0.15) is 0 Å². The molecule has 0 bridgehead atoms. The molecule has 0 unspecified atom stereocenters. The summed E-state index contributed by atoms with van der Waals surface area (Å²) in [5.74, 6) is 1.97. The van der Waals surface area contributed by atoms with E-state index in [1.807, 2.05) is 47.7 Å². The number of thiophene rings is 1. The van der Waals surface area contributed by atoms with Gasteiger partial charge in [0.15, 0.2) is 17.5 Å². The zero-order chi connectivity index (χ0) is 31.2. The van der Waals surface area contributed by atoms with Crippen LogP contribution >= 0.6 is 11.3 Å². The van der Waals surface area contributed by atoms with E-state index in [0.29, 0.717) is 17.5 Å². The van der Waals surface area contributed by atoms with Crippen molar-refractivity contribution in [3.63, 3.8) is 0 Å². The van der Waals surface area contributed by atoms with Gasteiger partial charge in [0, 0.05) is 36.9 Å². The van der Waals surface area contributed by atoms with Gasteiger partial charge in [-0.25, -0.2) is 15.0 Å². The summed E-state index contributed by atoms with van der Waals surface area (Å²) in [7, 11) is 0. The molecule has 9 aromatic rings. The topological polar surface area (TPSA) is 38.7 Å². The molecule has 2 aromatic heterocycles. The van der Waals surface area contributed by atoms with Crippen LogP contribution in [0.3, 0.4) is 0 Å². The standard InChI is InChI=1S/C43H27N3S/c1-3-10-28(11-4-1)32-22-24-35-34(26-32)14-9-16-38(35)43-45-41(30-12-5-2-6-13-30)44-42(46-43)31-20-18-29(19-21-31)33-23-25-37-36-15-7-8-17-39(36)47-40(37)27-33/h1-27H. The third-order valence-corrected chi connectivity index (χ3v) is 9.88. The lowest BCUT2D eigenvalue weighted by molar-refractivity contribution is 1.08. The van der Waals surface area contributed by atoms with Crippen LogP contribution in [0.15, 0.2) is 164 Å². The number of aromatic nitrogens is 3. The van der Waals surface area contributed by atoms with Crippen LogP contribution in [0.25, 0.3) is 87.4 Å². The predicted octanol–water partition coefficient (Wildman–Crippen LogP) is 11.7. The second-order valence-electron chi connectivity index (χ2n) is 11.7. The molecule has 0 saturated heterocycles. The molecule has 4 heteroatoms. The average molecular weight is 618 g/mol. The van der Waals surface area contributed by atoms with Crippen LogP contribution < -0.4 is 0 Å². The molecule has 0 radical (unpaired) electrons. The van der Waals surface area contributed by atoms with Crippen molar-refractivity contribution in [2.24, 2.45) is 0 Å². The summed E-state index contributed by atoms with van der Waals surface area (Å²) in [6.07, 6.45) is 0. The van der Waals surface area contributed by atoms with Crippen molar-refractivity contribution in [2.75, 3.05) is 0 Å². The minimum atomic E-state index is 0.651. The van der Waals surface area contributed by atoms with E-state index in [2.05, 4.69) is 127 Å². The molecule has 0 fully saturated rings. The average Bonchev–Trinajstić information content (AvgIpc) is 3.53. The smallest absolute Gasteiger partial charge is 0.164 e. The minimum Gasteiger partial charge on any atom is -0.208 e. The van der Waals surface area contributed by atoms with Gasteiger partial charge in [-0.2, -0.15) is 0 Å². The molecule has 0 aliphatic heterocycles. The van der Waals surface area contributed by atoms with E-state index in [4.69, 9.17) is 15.0 Å². The van der Waals surface area contributed by atoms with Crippen LogP contribution in [-0.2, 0) is 0 Å². The highest BCUT2D eigenvalue weighted by Crippen LogP contribution is 2.37. The van der Waals surface area contributed by atoms with Crippen molar-refractivity contribution >= 4 is 42.3 Å². The van der Waals surface area contributed by atoms with Gasteiger partial charge >= 0.3 is 0 Å². The van der Waals surface area contributed by atoms with Crippen LogP contribution in [0.5, 0.6) is 0 Å². The van der Waals surface area contributed by atoms with Gasteiger partial charge < -0.3 is 0 Å². The van der Waals surface area contributed by atoms with Crippen molar-refractivity contribution < 1.29 is 0 Å². The third kappa shape index (κ3) is 5.05. The van der Waals surface area contributed by atoms with Crippen molar-refractivity contribution in [1.82, 2.24) is 15.0 Å². The maximum absolute atomic E-state index is 5.08. The van der Waals surface area contributed by atoms with E-state index in [-0.39, 0.29) is 0 Å². The Kier molecular flexibility index (Phi) is 6.65. The largest absolute Gasteiger partial charge is 0.208 e. The van der Waals surface area contributed by atoms with Gasteiger partial charge in [0.1, 0.15) is 0 Å². The Morgan fingerprint density at radius 3 is 1.62 bits per heavy atom. The van der Waals surface area contributed by atoms with Gasteiger partial charge in [-0.05, 0) is 51.2 Å². The monoisotopic (exact) mass is 617 g/mol. The van der Waals surface area contributed by atoms with Crippen molar-refractivity contribution in [3.8, 4) is 56.4 Å². The molecule has 7 aromatic carbocycles. The molecule has 47 heavy (non-hydrogen) atoms. The van der Waals surface area contributed by atoms with E-state index in [1.54, 1.807) is 0 Å². The molecule has 220 valence electrons. The number of fused-ring (bicyclic) bond motifs is 4. The predicted molar refractivity (Wildman–Crippen MR) is 197 cm³/mol. The Hall–Kier alpha value is -5.97. The third-order valence-electron chi connectivity index (χ3n) is 8.75. The second-order valence-corrected chi connectivity index (χ2v) is 12.8. The van der Waals surface area contributed by atoms with Crippen LogP contribution in [0.4, 0.5) is 0 Å². The minimum absolute atomic E-state index is 0.651. The Morgan fingerprint density at radius 1 is 0.319 bits per heavy atom. The molecule has 0 aliphatic carbocycles. The molecule has 3 nitrogen and oxygen atoms in total. The molecule has 0 atom stereocenters. The highest BCUT2D eigenvalue weighted by Gasteiger charge is 2.15. The lowest BCUT2D eigenvalue weighted by Gasteiger charge is -2.11. The van der Waals surface area contributed by atoms with E-state index in [0.717, 1.165) is 33.0 Å². The van der Waals surface area contributed by atoms with Crippen molar-refractivity contribution in [2.45, 2.75) is 0 Å². The Balaban J connectivity index is 1.13. The first-order chi connectivity index (χ1) is 23.3. The molecule has 0 spiro atoms. The van der Waals surface area contributed by atoms with Crippen molar-refractivity contribution in [1.29, 1.82) is 0 Å². The van der Waals surface area contributed by atoms with Gasteiger partial charge in [-0.15, -0.1) is 11.3 Å². The van der Waals surface area contributed by atoms with Crippen LogP contribution in [-0.4, -0.2) is 15.0 Å². The van der Waals surface area contributed by atoms with Gasteiger partial charge in [0.25, 0.3) is 0 Å². The number of hydrogen-bond donors (Lipinski definition) is 0. The number of hydrogen-bond acceptors (Lipinski definition) is 4. The van der Waals surface area contributed by atoms with Crippen LogP contribution in [0, 0.1) is 0 Å². The summed E-state index contributed by atoms with van der Waals surface area (Å²) >= 11 is 1.84. The zero-order valence-electron chi connectivity index (χ0n) is 25.3. The number of nitrogens with zero attached hydrogens (tertiary/aromatic N) is 3. The summed E-state index contributed by atoms with van der Waals surface area (Å²) < 4.78 is 2.62. The SMILES string of the molecule is c1ccc(-c2ccc3c(-c4nc(-c5ccccc5)nc(-c5ccc(-c6ccc7c(c6)sc6ccccc67)cc5)n4)cccc3c2)cc1. The first-order valence-corrected chi connectivity index (χ1v) is 16.5. The van der Waals surface area contributed by atoms with Gasteiger partial charge in [-0.3, -0.25) is 0 Å². The van der Waals surface area contributed by atoms with E-state index in [1.165, 1.54) is 36.9 Å². The first-order valence-electron chi connectivity index (χ1n) is 15.7. The fraction of sp³-hybridized carbons (Fsp3) is 0. The van der Waals surface area contributed by atoms with Gasteiger partial charge in [0.05, 0.1) is 0 Å². The van der Waals surface area contributed by atoms with Crippen molar-refractivity contribution in [3.05, 3.63) is 164 Å². The lowest BCUT2D eigenvalue weighted by Crippen LogP contribution is -2.00. The highest BCUT2D eigenvalue weighted by atomic mass is 32.1. The number of benzene rings is 7. The molecule has 0 aliphatic rings. The Labute approximate surface area is 276 Å². The molecular formula is C43H27N3S. The molecular weight excluding hydrogens is 591 g/mol. The summed E-state index contributed by atoms with van der Waals surface area (Å²) in [6, 6.07) is 57.5. The fourth-order valence-electron chi connectivity index (χ4n) is 6.35. The summed E-state index contributed by atoms with van der Waals surface area (Å²) in [5.41, 5.74) is 7.62. The van der Waals surface area contributed by atoms with Crippen LogP contribution in [0.2, 0.25) is 0 Å². The quantitative estimate of drug-likeness (QED) is 0.193. The first kappa shape index (κ1) is 27.3. The zero-order valence-corrected chi connectivity index (χ0v) is 26.2. The summed E-state index contributed by atoms with van der Waals surface area (Å²) in [6.45, 7) is 0. The van der Waals surface area contributed by atoms with E-state index in [9.17, 15) is 0 Å². The van der Waals surface area contributed by atoms with E-state index < -0.39 is 0 Å². The molecule has 0 N–H and O–H groups in total. The summed E-state index contributed by atoms with van der Waals surface area (Å²) in [5, 5.41) is 4.88. The maximum atomic E-state index is 5.08. The van der Waals surface area contributed by atoms with Gasteiger partial charge in [0.2, 0.25) is 0 Å². The van der Waals surface area contributed by atoms with E-state index >= 15 is 0 Å². The molecule has 2 heterocycles. The number of rotatable bonds is 5. The molecule has 9 rings (SSSR count). The lowest BCUT2D eigenvalue weighted by atomic mass is 9.98. The normalized spacial score (nSPS) is 11.4. The van der Waals surface area contributed by atoms with Gasteiger partial charge in [-0.1, -0.05) is 146 Å². The molecule has 0 amide bonds. The second kappa shape index (κ2) is 11.4. The Morgan fingerprint density at radius 2 is 0.851 bits per heavy atom. The Bertz CT molecular complexity index is 2550. The maximum Gasteiger partial charge on any atom is 0.164 e. The molecule has 0 saturated carbocycles. The fourth-order valence-corrected chi connectivity index (χ4v) is 7.49. The summed E-state index contributed by atoms with van der Waals surface area (Å²) in [4.78, 5) is 15.1.